The van der Waals surface area contributed by atoms with E-state index < -0.39 is 0 Å². The zero-order valence-electron chi connectivity index (χ0n) is 9.96. The van der Waals surface area contributed by atoms with E-state index in [9.17, 15) is 4.79 Å². The lowest BCUT2D eigenvalue weighted by molar-refractivity contribution is 0.180. The summed E-state index contributed by atoms with van der Waals surface area (Å²) in [5, 5.41) is 10.3. The molecule has 1 aliphatic rings. The van der Waals surface area contributed by atoms with Crippen molar-refractivity contribution in [1.82, 2.24) is 10.2 Å². The van der Waals surface area contributed by atoms with E-state index >= 15 is 0 Å². The van der Waals surface area contributed by atoms with E-state index in [-0.39, 0.29) is 17.8 Å². The molecule has 2 amide bonds. The van der Waals surface area contributed by atoms with Crippen molar-refractivity contribution in [1.29, 1.82) is 5.41 Å². The molecular weight excluding hydrogens is 204 g/mol. The van der Waals surface area contributed by atoms with E-state index in [0.717, 1.165) is 32.2 Å². The van der Waals surface area contributed by atoms with Crippen molar-refractivity contribution in [3.63, 3.8) is 0 Å². The summed E-state index contributed by atoms with van der Waals surface area (Å²) >= 11 is 0. The van der Waals surface area contributed by atoms with Crippen LogP contribution in [0.4, 0.5) is 4.79 Å². The Kier molecular flexibility index (Phi) is 5.08. The van der Waals surface area contributed by atoms with Gasteiger partial charge in [0.25, 0.3) is 0 Å². The Bertz CT molecular complexity index is 246. The first kappa shape index (κ1) is 12.8. The molecule has 0 atom stereocenters. The summed E-state index contributed by atoms with van der Waals surface area (Å²) in [7, 11) is 0. The van der Waals surface area contributed by atoms with E-state index in [0.29, 0.717) is 13.1 Å². The van der Waals surface area contributed by atoms with Gasteiger partial charge in [0, 0.05) is 25.6 Å². The molecule has 0 bridgehead atoms. The molecule has 0 aliphatic carbocycles. The number of nitrogens with one attached hydrogen (secondary N) is 2. The monoisotopic (exact) mass is 226 g/mol. The Morgan fingerprint density at radius 1 is 1.50 bits per heavy atom. The molecule has 0 unspecified atom stereocenters. The first-order valence-electron chi connectivity index (χ1n) is 6.01. The molecule has 16 heavy (non-hydrogen) atoms. The summed E-state index contributed by atoms with van der Waals surface area (Å²) in [6.07, 6.45) is 3.75. The Morgan fingerprint density at radius 3 is 2.62 bits per heavy atom. The number of hydrogen-bond donors (Lipinski definition) is 3. The van der Waals surface area contributed by atoms with Crippen LogP contribution in [0.5, 0.6) is 0 Å². The molecule has 1 fully saturated rings. The minimum Gasteiger partial charge on any atom is -0.387 e. The molecule has 0 aromatic heterocycles. The predicted molar refractivity (Wildman–Crippen MR) is 64.5 cm³/mol. The van der Waals surface area contributed by atoms with Crippen LogP contribution in [0, 0.1) is 11.3 Å². The van der Waals surface area contributed by atoms with Gasteiger partial charge in [-0.2, -0.15) is 0 Å². The summed E-state index contributed by atoms with van der Waals surface area (Å²) < 4.78 is 0. The van der Waals surface area contributed by atoms with Crippen LogP contribution in [0.2, 0.25) is 0 Å². The number of amides is 2. The average molecular weight is 226 g/mol. The third-order valence-electron chi connectivity index (χ3n) is 3.03. The van der Waals surface area contributed by atoms with Gasteiger partial charge in [-0.05, 0) is 19.3 Å². The Hall–Kier alpha value is -1.26. The molecule has 1 aliphatic heterocycles. The SMILES string of the molecule is CCCCNC(=O)N1CCC(C(=N)N)CC1. The van der Waals surface area contributed by atoms with Crippen molar-refractivity contribution in [3.05, 3.63) is 0 Å². The number of rotatable bonds is 4. The standard InChI is InChI=1S/C11H22N4O/c1-2-3-6-14-11(16)15-7-4-9(5-8-15)10(12)13/h9H,2-8H2,1H3,(H3,12,13)(H,14,16). The van der Waals surface area contributed by atoms with Gasteiger partial charge in [-0.25, -0.2) is 4.79 Å². The number of likely N-dealkylation sites (tertiary alicyclic amines) is 1. The van der Waals surface area contributed by atoms with E-state index in [1.165, 1.54) is 0 Å². The number of nitrogens with zero attached hydrogens (tertiary/aromatic N) is 1. The normalized spacial score (nSPS) is 17.2. The van der Waals surface area contributed by atoms with Gasteiger partial charge >= 0.3 is 6.03 Å². The maximum Gasteiger partial charge on any atom is 0.317 e. The lowest BCUT2D eigenvalue weighted by atomic mass is 9.96. The minimum atomic E-state index is 0.0236. The van der Waals surface area contributed by atoms with Crippen molar-refractivity contribution in [2.45, 2.75) is 32.6 Å². The molecule has 5 nitrogen and oxygen atoms in total. The Labute approximate surface area is 96.9 Å². The molecule has 5 heteroatoms. The number of piperidine rings is 1. The largest absolute Gasteiger partial charge is 0.387 e. The fourth-order valence-electron chi connectivity index (χ4n) is 1.88. The number of amidine groups is 1. The maximum absolute atomic E-state index is 11.7. The molecule has 0 aromatic carbocycles. The van der Waals surface area contributed by atoms with Crippen LogP contribution >= 0.6 is 0 Å². The summed E-state index contributed by atoms with van der Waals surface area (Å²) in [4.78, 5) is 13.5. The van der Waals surface area contributed by atoms with E-state index in [1.807, 2.05) is 4.90 Å². The second-order valence-electron chi connectivity index (χ2n) is 4.30. The van der Waals surface area contributed by atoms with Gasteiger partial charge in [0.15, 0.2) is 0 Å². The van der Waals surface area contributed by atoms with Gasteiger partial charge in [0.1, 0.15) is 0 Å². The fourth-order valence-corrected chi connectivity index (χ4v) is 1.88. The molecule has 92 valence electrons. The van der Waals surface area contributed by atoms with Crippen LogP contribution in [0.15, 0.2) is 0 Å². The van der Waals surface area contributed by atoms with Crippen molar-refractivity contribution >= 4 is 11.9 Å². The number of nitrogens with two attached hydrogens (primary N) is 1. The van der Waals surface area contributed by atoms with Gasteiger partial charge in [0.2, 0.25) is 0 Å². The predicted octanol–water partition coefficient (Wildman–Crippen LogP) is 1.14. The molecule has 0 radical (unpaired) electrons. The van der Waals surface area contributed by atoms with Gasteiger partial charge in [-0.15, -0.1) is 0 Å². The molecule has 1 heterocycles. The maximum atomic E-state index is 11.7. The van der Waals surface area contributed by atoms with Crippen molar-refractivity contribution < 1.29 is 4.79 Å². The molecule has 0 spiro atoms. The van der Waals surface area contributed by atoms with Gasteiger partial charge in [-0.3, -0.25) is 5.41 Å². The van der Waals surface area contributed by atoms with Crippen LogP contribution in [0.25, 0.3) is 0 Å². The van der Waals surface area contributed by atoms with E-state index in [2.05, 4.69) is 12.2 Å². The van der Waals surface area contributed by atoms with Crippen LogP contribution < -0.4 is 11.1 Å². The number of urea groups is 1. The quantitative estimate of drug-likeness (QED) is 0.382. The number of carbonyl (C=O) groups excluding carboxylic acids is 1. The Morgan fingerprint density at radius 2 is 2.12 bits per heavy atom. The number of hydrogen-bond acceptors (Lipinski definition) is 2. The fraction of sp³-hybridized carbons (Fsp3) is 0.818. The number of unbranched alkanes of at least 4 members (excludes halogenated alkanes) is 1. The highest BCUT2D eigenvalue weighted by molar-refractivity contribution is 5.80. The lowest BCUT2D eigenvalue weighted by Crippen LogP contribution is -2.46. The molecule has 1 rings (SSSR count). The average Bonchev–Trinajstić information content (AvgIpc) is 2.29. The molecule has 4 N–H and O–H groups in total. The van der Waals surface area contributed by atoms with Crippen molar-refractivity contribution in [2.24, 2.45) is 11.7 Å². The first-order valence-corrected chi connectivity index (χ1v) is 6.01. The summed E-state index contributed by atoms with van der Waals surface area (Å²) in [5.41, 5.74) is 5.45. The zero-order chi connectivity index (χ0) is 12.0. The van der Waals surface area contributed by atoms with Gasteiger partial charge < -0.3 is 16.0 Å². The highest BCUT2D eigenvalue weighted by Gasteiger charge is 2.23. The van der Waals surface area contributed by atoms with Crippen LogP contribution in [0.3, 0.4) is 0 Å². The molecular formula is C11H22N4O. The van der Waals surface area contributed by atoms with Crippen LogP contribution in [-0.4, -0.2) is 36.4 Å². The summed E-state index contributed by atoms with van der Waals surface area (Å²) in [5.74, 6) is 0.422. The highest BCUT2D eigenvalue weighted by atomic mass is 16.2. The molecule has 1 saturated heterocycles. The molecule has 0 aromatic rings. The summed E-state index contributed by atoms with van der Waals surface area (Å²) in [6, 6.07) is 0.0236. The second-order valence-corrected chi connectivity index (χ2v) is 4.30. The van der Waals surface area contributed by atoms with E-state index in [1.54, 1.807) is 0 Å². The summed E-state index contributed by atoms with van der Waals surface area (Å²) in [6.45, 7) is 4.27. The Balaban J connectivity index is 2.25. The van der Waals surface area contributed by atoms with E-state index in [4.69, 9.17) is 11.1 Å². The smallest absolute Gasteiger partial charge is 0.317 e. The van der Waals surface area contributed by atoms with Crippen LogP contribution in [-0.2, 0) is 0 Å². The first-order chi connectivity index (χ1) is 7.65. The zero-order valence-corrected chi connectivity index (χ0v) is 9.96. The van der Waals surface area contributed by atoms with Gasteiger partial charge in [-0.1, -0.05) is 13.3 Å². The number of carbonyl (C=O) groups is 1. The lowest BCUT2D eigenvalue weighted by Gasteiger charge is -2.31. The molecule has 0 saturated carbocycles. The minimum absolute atomic E-state index is 0.0236. The highest BCUT2D eigenvalue weighted by Crippen LogP contribution is 2.16. The third kappa shape index (κ3) is 3.72. The van der Waals surface area contributed by atoms with Crippen molar-refractivity contribution in [2.75, 3.05) is 19.6 Å². The van der Waals surface area contributed by atoms with Crippen molar-refractivity contribution in [3.8, 4) is 0 Å². The van der Waals surface area contributed by atoms with Gasteiger partial charge in [0.05, 0.1) is 5.84 Å². The topological polar surface area (TPSA) is 82.2 Å². The van der Waals surface area contributed by atoms with Crippen LogP contribution in [0.1, 0.15) is 32.6 Å². The second kappa shape index (κ2) is 6.35. The third-order valence-corrected chi connectivity index (χ3v) is 3.03.